The Morgan fingerprint density at radius 1 is 0.280 bits per heavy atom. The van der Waals surface area contributed by atoms with Gasteiger partial charge in [-0.15, -0.1) is 0 Å². The molecule has 0 spiro atoms. The number of aliphatic hydroxyl groups is 1. The van der Waals surface area contributed by atoms with E-state index in [1.807, 2.05) is 0 Å². The highest BCUT2D eigenvalue weighted by molar-refractivity contribution is 7.47. The Morgan fingerprint density at radius 3 is 0.710 bits per heavy atom. The van der Waals surface area contributed by atoms with Gasteiger partial charge in [0, 0.05) is 25.7 Å². The Hall–Kier alpha value is -1.94. The normalized spacial score (nSPS) is 14.8. The van der Waals surface area contributed by atoms with Crippen LogP contribution in [0.1, 0.15) is 415 Å². The van der Waals surface area contributed by atoms with Gasteiger partial charge in [-0.25, -0.2) is 9.13 Å². The van der Waals surface area contributed by atoms with Gasteiger partial charge in [-0.3, -0.25) is 37.3 Å². The largest absolute Gasteiger partial charge is 0.472 e. The Kier molecular flexibility index (Phi) is 68.7. The summed E-state index contributed by atoms with van der Waals surface area (Å²) in [6, 6.07) is 0. The molecule has 0 saturated carbocycles. The zero-order valence-corrected chi connectivity index (χ0v) is 67.6. The molecular weight excluding hydrogens is 1310 g/mol. The summed E-state index contributed by atoms with van der Waals surface area (Å²) >= 11 is 0. The molecule has 0 aromatic heterocycles. The van der Waals surface area contributed by atoms with E-state index in [0.29, 0.717) is 31.6 Å². The second kappa shape index (κ2) is 70.1. The first-order chi connectivity index (χ1) is 48.2. The van der Waals surface area contributed by atoms with E-state index in [0.717, 1.165) is 114 Å². The molecule has 0 radical (unpaired) electrons. The number of aliphatic hydroxyl groups excluding tert-OH is 1. The molecule has 0 bridgehead atoms. The van der Waals surface area contributed by atoms with Crippen molar-refractivity contribution in [2.24, 2.45) is 23.7 Å². The Balaban J connectivity index is 5.20. The van der Waals surface area contributed by atoms with Crippen LogP contribution in [0.5, 0.6) is 0 Å². The van der Waals surface area contributed by atoms with Crippen LogP contribution in [0.3, 0.4) is 0 Å². The maximum absolute atomic E-state index is 13.1. The summed E-state index contributed by atoms with van der Waals surface area (Å²) < 4.78 is 68.6. The van der Waals surface area contributed by atoms with Gasteiger partial charge < -0.3 is 33.8 Å². The van der Waals surface area contributed by atoms with E-state index in [4.69, 9.17) is 37.0 Å². The Labute approximate surface area is 613 Å². The van der Waals surface area contributed by atoms with Crippen molar-refractivity contribution in [2.45, 2.75) is 433 Å². The van der Waals surface area contributed by atoms with Crippen LogP contribution in [0.25, 0.3) is 0 Å². The summed E-state index contributed by atoms with van der Waals surface area (Å²) in [5.41, 5.74) is 0. The number of hydrogen-bond donors (Lipinski definition) is 3. The number of phosphoric ester groups is 2. The molecule has 0 amide bonds. The first-order valence-corrected chi connectivity index (χ1v) is 44.8. The smallest absolute Gasteiger partial charge is 0.462 e. The molecule has 17 nitrogen and oxygen atoms in total. The molecule has 0 rings (SSSR count). The van der Waals surface area contributed by atoms with Crippen LogP contribution in [0.15, 0.2) is 0 Å². The van der Waals surface area contributed by atoms with Gasteiger partial charge in [0.1, 0.15) is 19.3 Å². The summed E-state index contributed by atoms with van der Waals surface area (Å²) in [4.78, 5) is 72.9. The van der Waals surface area contributed by atoms with Crippen LogP contribution < -0.4 is 0 Å². The third kappa shape index (κ3) is 70.4. The van der Waals surface area contributed by atoms with Gasteiger partial charge in [0.2, 0.25) is 0 Å². The number of unbranched alkanes of at least 4 members (excludes halogenated alkanes) is 41. The number of carbonyl (C=O) groups excluding carboxylic acids is 4. The highest BCUT2D eigenvalue weighted by atomic mass is 31.2. The van der Waals surface area contributed by atoms with Crippen molar-refractivity contribution in [2.75, 3.05) is 39.6 Å². The lowest BCUT2D eigenvalue weighted by Gasteiger charge is -2.21. The number of carbonyl (C=O) groups is 4. The van der Waals surface area contributed by atoms with Crippen molar-refractivity contribution in [3.63, 3.8) is 0 Å². The lowest BCUT2D eigenvalue weighted by atomic mass is 9.99. The Morgan fingerprint density at radius 2 is 0.480 bits per heavy atom. The van der Waals surface area contributed by atoms with Crippen LogP contribution in [0, 0.1) is 23.7 Å². The van der Waals surface area contributed by atoms with E-state index < -0.39 is 97.5 Å². The maximum atomic E-state index is 13.1. The van der Waals surface area contributed by atoms with Gasteiger partial charge in [0.05, 0.1) is 26.4 Å². The first kappa shape index (κ1) is 98.1. The molecule has 3 N–H and O–H groups in total. The molecule has 0 saturated heterocycles. The van der Waals surface area contributed by atoms with E-state index in [9.17, 15) is 43.2 Å². The van der Waals surface area contributed by atoms with Gasteiger partial charge in [-0.2, -0.15) is 0 Å². The number of ether oxygens (including phenoxy) is 4. The summed E-state index contributed by atoms with van der Waals surface area (Å²) in [5, 5.41) is 10.6. The molecule has 100 heavy (non-hydrogen) atoms. The molecule has 0 fully saturated rings. The zero-order valence-electron chi connectivity index (χ0n) is 65.8. The molecule has 594 valence electrons. The van der Waals surface area contributed by atoms with E-state index in [1.165, 1.54) is 212 Å². The quantitative estimate of drug-likeness (QED) is 0.0222. The first-order valence-electron chi connectivity index (χ1n) is 41.8. The molecule has 0 aromatic carbocycles. The second-order valence-electron chi connectivity index (χ2n) is 30.4. The van der Waals surface area contributed by atoms with E-state index in [-0.39, 0.29) is 25.7 Å². The average molecular weight is 1470 g/mol. The minimum absolute atomic E-state index is 0.102. The predicted molar refractivity (Wildman–Crippen MR) is 409 cm³/mol. The van der Waals surface area contributed by atoms with Crippen molar-refractivity contribution >= 4 is 39.5 Å². The van der Waals surface area contributed by atoms with Crippen molar-refractivity contribution in [1.29, 1.82) is 0 Å². The molecular formula is C81H158O17P2. The third-order valence-electron chi connectivity index (χ3n) is 19.9. The van der Waals surface area contributed by atoms with E-state index in [2.05, 4.69) is 55.4 Å². The molecule has 0 aromatic rings. The van der Waals surface area contributed by atoms with Gasteiger partial charge in [0.15, 0.2) is 12.2 Å². The minimum atomic E-state index is -4.96. The Bertz CT molecular complexity index is 1960. The lowest BCUT2D eigenvalue weighted by molar-refractivity contribution is -0.161. The number of esters is 4. The predicted octanol–water partition coefficient (Wildman–Crippen LogP) is 24.0. The van der Waals surface area contributed by atoms with Gasteiger partial charge in [-0.05, 0) is 49.4 Å². The van der Waals surface area contributed by atoms with Gasteiger partial charge >= 0.3 is 39.5 Å². The molecule has 0 aliphatic heterocycles. The summed E-state index contributed by atoms with van der Waals surface area (Å²) in [6.07, 6.45) is 57.1. The zero-order chi connectivity index (χ0) is 73.8. The van der Waals surface area contributed by atoms with Crippen LogP contribution in [-0.2, 0) is 65.4 Å². The van der Waals surface area contributed by atoms with E-state index >= 15 is 0 Å². The van der Waals surface area contributed by atoms with Gasteiger partial charge in [0.25, 0.3) is 0 Å². The average Bonchev–Trinajstić information content (AvgIpc) is 0.980. The second-order valence-corrected chi connectivity index (χ2v) is 33.3. The van der Waals surface area contributed by atoms with Crippen LogP contribution in [-0.4, -0.2) is 96.7 Å². The minimum Gasteiger partial charge on any atom is -0.462 e. The van der Waals surface area contributed by atoms with Gasteiger partial charge in [-0.1, -0.05) is 364 Å². The monoisotopic (exact) mass is 1470 g/mol. The van der Waals surface area contributed by atoms with Crippen LogP contribution in [0.4, 0.5) is 0 Å². The number of rotatable bonds is 78. The van der Waals surface area contributed by atoms with Crippen LogP contribution >= 0.6 is 15.6 Å². The number of hydrogen-bond acceptors (Lipinski definition) is 15. The molecule has 0 heterocycles. The molecule has 8 atom stereocenters. The fraction of sp³-hybridized carbons (Fsp3) is 0.951. The molecule has 0 aliphatic carbocycles. The highest BCUT2D eigenvalue weighted by Crippen LogP contribution is 2.45. The third-order valence-corrected chi connectivity index (χ3v) is 21.8. The van der Waals surface area contributed by atoms with Crippen molar-refractivity contribution in [1.82, 2.24) is 0 Å². The molecule has 19 heteroatoms. The molecule has 5 unspecified atom stereocenters. The fourth-order valence-electron chi connectivity index (χ4n) is 12.3. The summed E-state index contributed by atoms with van der Waals surface area (Å²) in [5.74, 6) is 1.03. The molecule has 0 aliphatic rings. The lowest BCUT2D eigenvalue weighted by Crippen LogP contribution is -2.30. The van der Waals surface area contributed by atoms with Crippen LogP contribution in [0.2, 0.25) is 0 Å². The standard InChI is InChI=1S/C81H158O17P2/c1-9-72(6)58-50-42-34-28-24-20-16-14-12-13-15-17-23-27-31-37-47-55-63-80(85)97-76(67-91-78(83)61-53-45-36-30-26-22-19-18-21-25-29-35-43-51-59-73(7)10-2)69-95-99(87,88)93-65-75(82)66-94-100(89,90)96-70-77(98-81(86)64-56-48-38-32-33-41-49-57-71(4)5)68-92-79(84)62-54-46-40-39-44-52-60-74(8)11-3/h71-77,82H,9-70H2,1-8H3,(H,87,88)(H,89,90)/t72?,73?,74?,75-,76-,77-/m1/s1. The maximum Gasteiger partial charge on any atom is 0.472 e. The summed E-state index contributed by atoms with van der Waals surface area (Å²) in [7, 11) is -9.92. The SMILES string of the molecule is CCC(C)CCCCCCCCCCCCCCCCCCCCC(=O)O[C@H](COC(=O)CCCCCCCCCCCCCCCCC(C)CC)COP(=O)(O)OC[C@@H](O)COP(=O)(O)OC[C@@H](COC(=O)CCCCCCCCC(C)CC)OC(=O)CCCCCCCCCC(C)C. The van der Waals surface area contributed by atoms with Crippen molar-refractivity contribution < 1.29 is 80.2 Å². The fourth-order valence-corrected chi connectivity index (χ4v) is 13.9. The highest BCUT2D eigenvalue weighted by Gasteiger charge is 2.30. The van der Waals surface area contributed by atoms with Crippen molar-refractivity contribution in [3.05, 3.63) is 0 Å². The van der Waals surface area contributed by atoms with E-state index in [1.54, 1.807) is 0 Å². The van der Waals surface area contributed by atoms with Crippen molar-refractivity contribution in [3.8, 4) is 0 Å². The topological polar surface area (TPSA) is 237 Å². The number of phosphoric acid groups is 2. The summed E-state index contributed by atoms with van der Waals surface area (Å²) in [6.45, 7) is 14.3.